The lowest BCUT2D eigenvalue weighted by molar-refractivity contribution is -0.233. The Bertz CT molecular complexity index is 1100. The maximum absolute atomic E-state index is 13.1. The van der Waals surface area contributed by atoms with E-state index in [9.17, 15) is 24.3 Å². The number of epoxide rings is 1. The molecular formula is C27H32O10. The first-order valence-electron chi connectivity index (χ1n) is 12.6. The van der Waals surface area contributed by atoms with Gasteiger partial charge >= 0.3 is 17.9 Å². The van der Waals surface area contributed by atoms with Crippen molar-refractivity contribution in [3.8, 4) is 0 Å². The number of ether oxygens (including phenoxy) is 5. The fraction of sp³-hybridized carbons (Fsp3) is 0.630. The number of esters is 3. The second kappa shape index (κ2) is 9.18. The Kier molecular flexibility index (Phi) is 6.40. The van der Waals surface area contributed by atoms with Gasteiger partial charge in [0, 0.05) is 25.0 Å². The number of allylic oxidation sites excluding steroid dienone is 3. The third-order valence-corrected chi connectivity index (χ3v) is 9.04. The van der Waals surface area contributed by atoms with E-state index in [4.69, 9.17) is 23.7 Å². The maximum atomic E-state index is 13.1. The third-order valence-electron chi connectivity index (χ3n) is 9.04. The monoisotopic (exact) mass is 516 g/mol. The average Bonchev–Trinajstić information content (AvgIpc) is 3.63. The number of hydrogen-bond donors (Lipinski definition) is 1. The molecule has 37 heavy (non-hydrogen) atoms. The molecule has 0 aromatic heterocycles. The largest absolute Gasteiger partial charge is 0.463 e. The fourth-order valence-electron chi connectivity index (χ4n) is 6.50. The standard InChI is InChI=1S/C27H32O10/c1-15-8-9-33-21(29)6-4-5-7-22(30)37-18-11-20-27(14-35-27)25(18,3)26(13-34-24(32)23(15)31)12-17(28)16(2)10-19(26)36-20/h4-7,10,15,18-20,23,31H,8-9,11-14H2,1-3H3/b6-4+,7-5-/t15-,18-,19-,20-,23+,25-,26-,27+/m1/s1. The Morgan fingerprint density at radius 1 is 1.00 bits per heavy atom. The molecule has 1 saturated carbocycles. The van der Waals surface area contributed by atoms with Crippen LogP contribution in [0.1, 0.15) is 40.0 Å². The zero-order chi connectivity index (χ0) is 26.6. The van der Waals surface area contributed by atoms with Crippen LogP contribution in [-0.4, -0.2) is 78.6 Å². The van der Waals surface area contributed by atoms with Crippen LogP contribution in [0.4, 0.5) is 0 Å². The van der Waals surface area contributed by atoms with Crippen LogP contribution in [-0.2, 0) is 42.9 Å². The lowest BCUT2D eigenvalue weighted by atomic mass is 9.51. The van der Waals surface area contributed by atoms with Crippen LogP contribution in [0.25, 0.3) is 0 Å². The van der Waals surface area contributed by atoms with Crippen LogP contribution in [0.5, 0.6) is 0 Å². The number of ketones is 1. The van der Waals surface area contributed by atoms with Gasteiger partial charge in [0.25, 0.3) is 0 Å². The summed E-state index contributed by atoms with van der Waals surface area (Å²) in [5.74, 6) is -2.77. The Morgan fingerprint density at radius 3 is 2.41 bits per heavy atom. The highest BCUT2D eigenvalue weighted by Crippen LogP contribution is 2.71. The van der Waals surface area contributed by atoms with E-state index >= 15 is 0 Å². The highest BCUT2D eigenvalue weighted by Gasteiger charge is 2.83. The summed E-state index contributed by atoms with van der Waals surface area (Å²) >= 11 is 0. The molecule has 2 spiro atoms. The zero-order valence-electron chi connectivity index (χ0n) is 21.1. The van der Waals surface area contributed by atoms with Gasteiger partial charge in [0.1, 0.15) is 18.3 Å². The van der Waals surface area contributed by atoms with Crippen LogP contribution in [0.2, 0.25) is 0 Å². The summed E-state index contributed by atoms with van der Waals surface area (Å²) < 4.78 is 29.2. The summed E-state index contributed by atoms with van der Waals surface area (Å²) in [5, 5.41) is 10.6. The summed E-state index contributed by atoms with van der Waals surface area (Å²) in [6.07, 6.45) is 4.36. The third kappa shape index (κ3) is 3.97. The summed E-state index contributed by atoms with van der Waals surface area (Å²) in [4.78, 5) is 50.7. The van der Waals surface area contributed by atoms with Gasteiger partial charge in [0.2, 0.25) is 0 Å². The van der Waals surface area contributed by atoms with E-state index in [1.807, 2.05) is 6.92 Å². The molecule has 0 aromatic carbocycles. The molecular weight excluding hydrogens is 484 g/mol. The van der Waals surface area contributed by atoms with Crippen molar-refractivity contribution in [3.05, 3.63) is 36.0 Å². The molecule has 200 valence electrons. The van der Waals surface area contributed by atoms with Crippen molar-refractivity contribution in [1.29, 1.82) is 0 Å². The molecule has 2 saturated heterocycles. The van der Waals surface area contributed by atoms with Gasteiger partial charge < -0.3 is 28.8 Å². The number of aliphatic hydroxyl groups excluding tert-OH is 1. The fourth-order valence-corrected chi connectivity index (χ4v) is 6.50. The highest BCUT2D eigenvalue weighted by atomic mass is 16.6. The topological polar surface area (TPSA) is 138 Å². The lowest BCUT2D eigenvalue weighted by Gasteiger charge is -2.57. The summed E-state index contributed by atoms with van der Waals surface area (Å²) in [7, 11) is 0. The molecule has 8 atom stereocenters. The molecule has 3 aliphatic heterocycles. The quantitative estimate of drug-likeness (QED) is 0.285. The van der Waals surface area contributed by atoms with Gasteiger partial charge in [-0.1, -0.05) is 26.0 Å². The van der Waals surface area contributed by atoms with E-state index in [1.165, 1.54) is 18.2 Å². The van der Waals surface area contributed by atoms with E-state index in [1.54, 1.807) is 19.9 Å². The van der Waals surface area contributed by atoms with Crippen molar-refractivity contribution >= 4 is 23.7 Å². The maximum Gasteiger partial charge on any atom is 0.335 e. The summed E-state index contributed by atoms with van der Waals surface area (Å²) in [6, 6.07) is 0. The number of aliphatic hydroxyl groups is 1. The number of cyclic esters (lactones) is 2. The SMILES string of the molecule is CC1=C[C@H]2O[C@@H]3C[C@H]4OC(=O)/C=C\C=C\C(=O)OCC[C@@H](C)[C@H](O)C(=O)OC[C@@]2(CC1=O)[C@]4(C)[C@]31CO1. The smallest absolute Gasteiger partial charge is 0.335 e. The second-order valence-corrected chi connectivity index (χ2v) is 10.9. The highest BCUT2D eigenvalue weighted by molar-refractivity contribution is 5.96. The summed E-state index contributed by atoms with van der Waals surface area (Å²) in [6.45, 7) is 5.42. The molecule has 3 heterocycles. The molecule has 5 rings (SSSR count). The molecule has 10 nitrogen and oxygen atoms in total. The first kappa shape index (κ1) is 25.8. The number of hydrogen-bond acceptors (Lipinski definition) is 10. The zero-order valence-corrected chi connectivity index (χ0v) is 21.1. The van der Waals surface area contributed by atoms with E-state index in [0.29, 0.717) is 18.6 Å². The van der Waals surface area contributed by atoms with E-state index < -0.39 is 58.6 Å². The van der Waals surface area contributed by atoms with Crippen molar-refractivity contribution in [1.82, 2.24) is 0 Å². The molecule has 2 aliphatic carbocycles. The minimum Gasteiger partial charge on any atom is -0.463 e. The van der Waals surface area contributed by atoms with Gasteiger partial charge in [-0.25, -0.2) is 14.4 Å². The van der Waals surface area contributed by atoms with Gasteiger partial charge in [-0.3, -0.25) is 4.79 Å². The van der Waals surface area contributed by atoms with Gasteiger partial charge in [0.05, 0.1) is 36.3 Å². The van der Waals surface area contributed by atoms with Gasteiger partial charge in [-0.05, 0) is 30.9 Å². The average molecular weight is 517 g/mol. The van der Waals surface area contributed by atoms with E-state index in [2.05, 4.69) is 0 Å². The molecule has 0 unspecified atom stereocenters. The van der Waals surface area contributed by atoms with Crippen LogP contribution in [0.15, 0.2) is 36.0 Å². The van der Waals surface area contributed by atoms with Crippen molar-refractivity contribution in [2.75, 3.05) is 19.8 Å². The van der Waals surface area contributed by atoms with E-state index in [0.717, 1.165) is 6.08 Å². The Hall–Kier alpha value is -2.82. The Morgan fingerprint density at radius 2 is 1.70 bits per heavy atom. The second-order valence-electron chi connectivity index (χ2n) is 10.9. The summed E-state index contributed by atoms with van der Waals surface area (Å²) in [5.41, 5.74) is -2.24. The molecule has 0 aromatic rings. The molecule has 2 bridgehead atoms. The number of carbonyl (C=O) groups excluding carboxylic acids is 4. The molecule has 3 fully saturated rings. The van der Waals surface area contributed by atoms with Crippen LogP contribution in [0, 0.1) is 16.7 Å². The first-order chi connectivity index (χ1) is 17.5. The van der Waals surface area contributed by atoms with Crippen LogP contribution >= 0.6 is 0 Å². The van der Waals surface area contributed by atoms with Gasteiger partial charge in [0.15, 0.2) is 11.9 Å². The van der Waals surface area contributed by atoms with Crippen LogP contribution in [0.3, 0.4) is 0 Å². The van der Waals surface area contributed by atoms with E-state index in [-0.39, 0.29) is 37.9 Å². The Balaban J connectivity index is 1.55. The van der Waals surface area contributed by atoms with Crippen molar-refractivity contribution in [2.45, 2.75) is 70.1 Å². The lowest BCUT2D eigenvalue weighted by Crippen LogP contribution is -2.67. The first-order valence-corrected chi connectivity index (χ1v) is 12.6. The minimum atomic E-state index is -1.46. The van der Waals surface area contributed by atoms with Crippen molar-refractivity contribution in [3.63, 3.8) is 0 Å². The number of carbonyl (C=O) groups is 4. The number of rotatable bonds is 0. The predicted molar refractivity (Wildman–Crippen MR) is 126 cm³/mol. The predicted octanol–water partition coefficient (Wildman–Crippen LogP) is 1.35. The van der Waals surface area contributed by atoms with Crippen molar-refractivity contribution in [2.24, 2.45) is 16.7 Å². The van der Waals surface area contributed by atoms with Crippen LogP contribution < -0.4 is 0 Å². The normalized spacial score (nSPS) is 45.9. The van der Waals surface area contributed by atoms with Gasteiger partial charge in [-0.2, -0.15) is 0 Å². The minimum absolute atomic E-state index is 0.00976. The van der Waals surface area contributed by atoms with Gasteiger partial charge in [-0.15, -0.1) is 0 Å². The van der Waals surface area contributed by atoms with Crippen molar-refractivity contribution < 1.29 is 48.0 Å². The molecule has 0 radical (unpaired) electrons. The molecule has 5 aliphatic rings. The molecule has 0 amide bonds. The molecule has 10 heteroatoms. The molecule has 1 N–H and O–H groups in total. The Labute approximate surface area is 214 Å². The number of Topliss-reactive ketones (excluding diaryl/α,β-unsaturated/α-hetero) is 1.